The van der Waals surface area contributed by atoms with E-state index < -0.39 is 12.1 Å². The van der Waals surface area contributed by atoms with Crippen LogP contribution in [0.2, 0.25) is 10.0 Å². The van der Waals surface area contributed by atoms with Gasteiger partial charge in [-0.2, -0.15) is 0 Å². The Bertz CT molecular complexity index is 860. The highest BCUT2D eigenvalue weighted by atomic mass is 35.5. The number of unbranched alkanes of at least 4 members (excludes halogenated alkanes) is 3. The monoisotopic (exact) mass is 497 g/mol. The minimum atomic E-state index is -0.848. The molecule has 0 fully saturated rings. The maximum absolute atomic E-state index is 10.8. The Balaban J connectivity index is 1.45. The molecule has 0 aliphatic carbocycles. The van der Waals surface area contributed by atoms with E-state index in [0.717, 1.165) is 62.8 Å². The number of hydrogen-bond donors (Lipinski definition) is 4. The van der Waals surface area contributed by atoms with Crippen LogP contribution in [-0.4, -0.2) is 47.5 Å². The second kappa shape index (κ2) is 15.1. The van der Waals surface area contributed by atoms with Crippen molar-refractivity contribution in [2.24, 2.45) is 0 Å². The third-order valence-corrected chi connectivity index (χ3v) is 5.80. The molecule has 0 aliphatic rings. The van der Waals surface area contributed by atoms with Gasteiger partial charge in [-0.1, -0.05) is 42.1 Å². The van der Waals surface area contributed by atoms with Gasteiger partial charge < -0.3 is 26.0 Å². The lowest BCUT2D eigenvalue weighted by Crippen LogP contribution is -2.22. The standard InChI is InChI=1S/C24H33Cl2N3O4/c25-20-12-19(13-21(26)24(20)27)22(30)16-28-7-3-1-2-4-8-33-9-5-6-17-10-18(11-23(31)32)15-29-14-17/h10,12-15,22,28,30H,1-9,11,16,27H2,(H,31,32). The fourth-order valence-corrected chi connectivity index (χ4v) is 3.89. The molecule has 0 spiro atoms. The Hall–Kier alpha value is -1.90. The molecule has 1 unspecified atom stereocenters. The van der Waals surface area contributed by atoms with Crippen molar-refractivity contribution in [3.8, 4) is 0 Å². The zero-order valence-electron chi connectivity index (χ0n) is 18.7. The number of carboxylic acid groups (broad SMARTS) is 1. The number of aliphatic hydroxyl groups excluding tert-OH is 1. The second-order valence-electron chi connectivity index (χ2n) is 8.02. The highest BCUT2D eigenvalue weighted by molar-refractivity contribution is 6.38. The molecule has 2 aromatic rings. The van der Waals surface area contributed by atoms with Gasteiger partial charge in [0.05, 0.1) is 28.3 Å². The van der Waals surface area contributed by atoms with E-state index in [1.807, 2.05) is 6.07 Å². The number of pyridine rings is 1. The van der Waals surface area contributed by atoms with Gasteiger partial charge in [0.1, 0.15) is 0 Å². The number of aliphatic hydroxyl groups is 1. The Morgan fingerprint density at radius 2 is 1.70 bits per heavy atom. The number of nitrogens with one attached hydrogen (secondary N) is 1. The van der Waals surface area contributed by atoms with Crippen LogP contribution in [0.3, 0.4) is 0 Å². The lowest BCUT2D eigenvalue weighted by molar-refractivity contribution is -0.136. The number of anilines is 1. The number of nitrogens with two attached hydrogens (primary N) is 1. The number of rotatable bonds is 16. The van der Waals surface area contributed by atoms with Crippen molar-refractivity contribution in [1.82, 2.24) is 10.3 Å². The molecule has 0 saturated heterocycles. The van der Waals surface area contributed by atoms with E-state index in [-0.39, 0.29) is 6.42 Å². The van der Waals surface area contributed by atoms with Crippen LogP contribution in [0.25, 0.3) is 0 Å². The number of aromatic nitrogens is 1. The normalized spacial score (nSPS) is 12.1. The quantitative estimate of drug-likeness (QED) is 0.200. The van der Waals surface area contributed by atoms with Crippen LogP contribution in [0.5, 0.6) is 0 Å². The molecule has 1 aromatic heterocycles. The van der Waals surface area contributed by atoms with Crippen molar-refractivity contribution in [3.63, 3.8) is 0 Å². The molecular weight excluding hydrogens is 465 g/mol. The first kappa shape index (κ1) is 27.3. The van der Waals surface area contributed by atoms with Crippen LogP contribution < -0.4 is 11.1 Å². The van der Waals surface area contributed by atoms with Gasteiger partial charge in [0, 0.05) is 32.2 Å². The number of nitrogen functional groups attached to an aromatic ring is 1. The maximum Gasteiger partial charge on any atom is 0.307 e. The van der Waals surface area contributed by atoms with Gasteiger partial charge in [-0.05, 0) is 61.1 Å². The third kappa shape index (κ3) is 10.7. The molecule has 182 valence electrons. The van der Waals surface area contributed by atoms with E-state index in [1.165, 1.54) is 0 Å². The molecule has 5 N–H and O–H groups in total. The van der Waals surface area contributed by atoms with Gasteiger partial charge >= 0.3 is 5.97 Å². The van der Waals surface area contributed by atoms with Crippen LogP contribution >= 0.6 is 23.2 Å². The number of nitrogens with zero attached hydrogens (tertiary/aromatic N) is 1. The van der Waals surface area contributed by atoms with Gasteiger partial charge in [-0.3, -0.25) is 9.78 Å². The maximum atomic E-state index is 10.8. The summed E-state index contributed by atoms with van der Waals surface area (Å²) in [5, 5.41) is 23.1. The lowest BCUT2D eigenvalue weighted by Gasteiger charge is -2.14. The van der Waals surface area contributed by atoms with Gasteiger partial charge in [0.15, 0.2) is 0 Å². The molecule has 0 radical (unpaired) electrons. The van der Waals surface area contributed by atoms with Crippen LogP contribution in [-0.2, 0) is 22.4 Å². The Morgan fingerprint density at radius 1 is 1.03 bits per heavy atom. The number of hydrogen-bond acceptors (Lipinski definition) is 6. The number of carboxylic acids is 1. The van der Waals surface area contributed by atoms with Crippen LogP contribution in [0.15, 0.2) is 30.6 Å². The van der Waals surface area contributed by atoms with Crippen molar-refractivity contribution in [2.45, 2.75) is 51.0 Å². The number of halogens is 2. The van der Waals surface area contributed by atoms with E-state index in [0.29, 0.717) is 34.4 Å². The molecular formula is C24H33Cl2N3O4. The van der Waals surface area contributed by atoms with Gasteiger partial charge in [-0.15, -0.1) is 0 Å². The average Bonchev–Trinajstić information content (AvgIpc) is 2.77. The zero-order valence-corrected chi connectivity index (χ0v) is 20.2. The molecule has 2 rings (SSSR count). The smallest absolute Gasteiger partial charge is 0.307 e. The van der Waals surface area contributed by atoms with Gasteiger partial charge in [0.25, 0.3) is 0 Å². The molecule has 0 bridgehead atoms. The molecule has 0 aliphatic heterocycles. The summed E-state index contributed by atoms with van der Waals surface area (Å²) in [6.45, 7) is 2.67. The second-order valence-corrected chi connectivity index (χ2v) is 8.83. The minimum Gasteiger partial charge on any atom is -0.481 e. The zero-order chi connectivity index (χ0) is 24.1. The van der Waals surface area contributed by atoms with Crippen molar-refractivity contribution >= 4 is 34.9 Å². The fourth-order valence-electron chi connectivity index (χ4n) is 3.39. The molecule has 7 nitrogen and oxygen atoms in total. The summed E-state index contributed by atoms with van der Waals surface area (Å²) in [6, 6.07) is 5.18. The van der Waals surface area contributed by atoms with E-state index in [1.54, 1.807) is 24.5 Å². The molecule has 9 heteroatoms. The summed E-state index contributed by atoms with van der Waals surface area (Å²) in [5.41, 5.74) is 8.45. The van der Waals surface area contributed by atoms with Crippen molar-refractivity contribution in [3.05, 3.63) is 57.3 Å². The number of aliphatic carboxylic acids is 1. The molecule has 1 atom stereocenters. The molecule has 0 amide bonds. The first-order chi connectivity index (χ1) is 15.9. The van der Waals surface area contributed by atoms with Crippen molar-refractivity contribution in [1.29, 1.82) is 0 Å². The van der Waals surface area contributed by atoms with Gasteiger partial charge in [0.2, 0.25) is 0 Å². The summed E-state index contributed by atoms with van der Waals surface area (Å²) in [6.07, 6.45) is 8.61. The van der Waals surface area contributed by atoms with Crippen molar-refractivity contribution in [2.75, 3.05) is 32.0 Å². The number of ether oxygens (including phenoxy) is 1. The predicted octanol–water partition coefficient (Wildman–Crippen LogP) is 4.43. The highest BCUT2D eigenvalue weighted by Crippen LogP contribution is 2.31. The highest BCUT2D eigenvalue weighted by Gasteiger charge is 2.12. The van der Waals surface area contributed by atoms with E-state index in [9.17, 15) is 9.90 Å². The number of aryl methyl sites for hydroxylation is 1. The third-order valence-electron chi connectivity index (χ3n) is 5.18. The average molecular weight is 498 g/mol. The summed E-state index contributed by atoms with van der Waals surface area (Å²) >= 11 is 12.0. The van der Waals surface area contributed by atoms with E-state index >= 15 is 0 Å². The molecule has 1 heterocycles. The largest absolute Gasteiger partial charge is 0.481 e. The minimum absolute atomic E-state index is 0.000232. The SMILES string of the molecule is Nc1c(Cl)cc(C(O)CNCCCCCCOCCCc2cncc(CC(=O)O)c2)cc1Cl. The summed E-state index contributed by atoms with van der Waals surface area (Å²) in [7, 11) is 0. The van der Waals surface area contributed by atoms with E-state index in [4.69, 9.17) is 38.8 Å². The summed E-state index contributed by atoms with van der Waals surface area (Å²) < 4.78 is 5.69. The first-order valence-electron chi connectivity index (χ1n) is 11.2. The first-order valence-corrected chi connectivity index (χ1v) is 12.0. The Labute approximate surface area is 205 Å². The Morgan fingerprint density at radius 3 is 2.42 bits per heavy atom. The number of carbonyl (C=O) groups is 1. The topological polar surface area (TPSA) is 118 Å². The lowest BCUT2D eigenvalue weighted by atomic mass is 10.1. The fraction of sp³-hybridized carbons (Fsp3) is 0.500. The summed E-state index contributed by atoms with van der Waals surface area (Å²) in [5.74, 6) is -0.848. The Kier molecular flexibility index (Phi) is 12.5. The van der Waals surface area contributed by atoms with Crippen LogP contribution in [0, 0.1) is 0 Å². The predicted molar refractivity (Wildman–Crippen MR) is 132 cm³/mol. The molecule has 33 heavy (non-hydrogen) atoms. The molecule has 0 saturated carbocycles. The number of benzene rings is 1. The van der Waals surface area contributed by atoms with Crippen LogP contribution in [0.1, 0.15) is 54.9 Å². The van der Waals surface area contributed by atoms with Crippen LogP contribution in [0.4, 0.5) is 5.69 Å². The van der Waals surface area contributed by atoms with E-state index in [2.05, 4.69) is 10.3 Å². The van der Waals surface area contributed by atoms with Crippen molar-refractivity contribution < 1.29 is 19.7 Å². The summed E-state index contributed by atoms with van der Waals surface area (Å²) in [4.78, 5) is 14.9. The molecule has 1 aromatic carbocycles. The van der Waals surface area contributed by atoms with Gasteiger partial charge in [-0.25, -0.2) is 0 Å².